The van der Waals surface area contributed by atoms with Gasteiger partial charge in [-0.15, -0.1) is 0 Å². The zero-order valence-electron chi connectivity index (χ0n) is 13.7. The highest BCUT2D eigenvalue weighted by Crippen LogP contribution is 2.22. The van der Waals surface area contributed by atoms with Gasteiger partial charge in [-0.2, -0.15) is 5.10 Å². The molecular weight excluding hydrogens is 294 g/mol. The lowest BCUT2D eigenvalue weighted by Crippen LogP contribution is -2.51. The number of carbonyl (C=O) groups is 1. The Morgan fingerprint density at radius 3 is 2.65 bits per heavy atom. The van der Waals surface area contributed by atoms with Crippen LogP contribution >= 0.6 is 0 Å². The summed E-state index contributed by atoms with van der Waals surface area (Å²) < 4.78 is 0. The molecule has 1 amide bonds. The molecule has 124 valence electrons. The van der Waals surface area contributed by atoms with Gasteiger partial charge in [0.1, 0.15) is 12.1 Å². The van der Waals surface area contributed by atoms with E-state index in [1.165, 1.54) is 0 Å². The molecular formula is C15H23N7O. The third-order valence-corrected chi connectivity index (χ3v) is 4.41. The van der Waals surface area contributed by atoms with E-state index in [1.807, 2.05) is 4.90 Å². The Morgan fingerprint density at radius 1 is 1.22 bits per heavy atom. The van der Waals surface area contributed by atoms with E-state index < -0.39 is 0 Å². The molecule has 0 radical (unpaired) electrons. The van der Waals surface area contributed by atoms with Crippen LogP contribution in [0.5, 0.6) is 0 Å². The molecule has 1 aliphatic heterocycles. The number of piperazine rings is 1. The number of likely N-dealkylation sites (N-methyl/N-ethyl adjacent to an activating group) is 1. The first-order chi connectivity index (χ1) is 11.2. The molecule has 23 heavy (non-hydrogen) atoms. The van der Waals surface area contributed by atoms with Crippen LogP contribution in [0, 0.1) is 0 Å². The molecule has 0 aliphatic carbocycles. The van der Waals surface area contributed by atoms with Crippen molar-refractivity contribution in [2.24, 2.45) is 0 Å². The summed E-state index contributed by atoms with van der Waals surface area (Å²) >= 11 is 0. The quantitative estimate of drug-likeness (QED) is 0.857. The summed E-state index contributed by atoms with van der Waals surface area (Å²) in [6.45, 7) is 9.49. The van der Waals surface area contributed by atoms with Crippen LogP contribution in [0.2, 0.25) is 0 Å². The second-order valence-corrected chi connectivity index (χ2v) is 5.66. The Bertz CT molecular complexity index is 659. The second-order valence-electron chi connectivity index (χ2n) is 5.66. The zero-order valence-corrected chi connectivity index (χ0v) is 13.7. The minimum Gasteiger partial charge on any atom is -0.352 e. The molecule has 3 rings (SSSR count). The van der Waals surface area contributed by atoms with Crippen molar-refractivity contribution < 1.29 is 4.79 Å². The standard InChI is InChI=1S/C15H23N7O/c1-3-20(4-2)10-13(23)21-5-7-22(8-6-21)15-12-9-18-19-14(12)16-11-17-15/h9,11H,3-8,10H2,1-2H3,(H,16,17,18,19). The van der Waals surface area contributed by atoms with Gasteiger partial charge >= 0.3 is 0 Å². The number of aromatic nitrogens is 4. The topological polar surface area (TPSA) is 81.3 Å². The number of carbonyl (C=O) groups excluding carboxylic acids is 1. The molecule has 8 nitrogen and oxygen atoms in total. The molecule has 3 heterocycles. The first-order valence-corrected chi connectivity index (χ1v) is 8.12. The molecule has 2 aromatic heterocycles. The summed E-state index contributed by atoms with van der Waals surface area (Å²) in [6, 6.07) is 0. The van der Waals surface area contributed by atoms with Crippen LogP contribution in [0.25, 0.3) is 11.0 Å². The van der Waals surface area contributed by atoms with Crippen molar-refractivity contribution >= 4 is 22.8 Å². The second kappa shape index (κ2) is 6.91. The van der Waals surface area contributed by atoms with Crippen molar-refractivity contribution in [2.45, 2.75) is 13.8 Å². The predicted molar refractivity (Wildman–Crippen MR) is 88.3 cm³/mol. The highest BCUT2D eigenvalue weighted by molar-refractivity contribution is 5.86. The molecule has 0 atom stereocenters. The number of hydrogen-bond acceptors (Lipinski definition) is 6. The van der Waals surface area contributed by atoms with Gasteiger partial charge in [-0.1, -0.05) is 13.8 Å². The van der Waals surface area contributed by atoms with Crippen LogP contribution in [0.1, 0.15) is 13.8 Å². The van der Waals surface area contributed by atoms with Crippen LogP contribution in [-0.2, 0) is 4.79 Å². The van der Waals surface area contributed by atoms with Gasteiger partial charge in [0.15, 0.2) is 5.65 Å². The lowest BCUT2D eigenvalue weighted by Gasteiger charge is -2.36. The van der Waals surface area contributed by atoms with Gasteiger partial charge in [0.2, 0.25) is 5.91 Å². The van der Waals surface area contributed by atoms with Gasteiger partial charge in [0, 0.05) is 26.2 Å². The number of nitrogens with one attached hydrogen (secondary N) is 1. The molecule has 0 saturated carbocycles. The van der Waals surface area contributed by atoms with Crippen molar-refractivity contribution in [2.75, 3.05) is 50.7 Å². The number of nitrogens with zero attached hydrogens (tertiary/aromatic N) is 6. The third-order valence-electron chi connectivity index (χ3n) is 4.41. The number of amides is 1. The Balaban J connectivity index is 1.62. The molecule has 0 bridgehead atoms. The molecule has 0 aromatic carbocycles. The summed E-state index contributed by atoms with van der Waals surface area (Å²) in [7, 11) is 0. The number of rotatable bonds is 5. The summed E-state index contributed by atoms with van der Waals surface area (Å²) in [5.74, 6) is 1.10. The summed E-state index contributed by atoms with van der Waals surface area (Å²) in [5.41, 5.74) is 0.745. The first kappa shape index (κ1) is 15.7. The minimum atomic E-state index is 0.212. The average Bonchev–Trinajstić information content (AvgIpc) is 3.08. The molecule has 8 heteroatoms. The van der Waals surface area contributed by atoms with E-state index in [1.54, 1.807) is 12.5 Å². The average molecular weight is 317 g/mol. The van der Waals surface area contributed by atoms with Crippen LogP contribution in [-0.4, -0.2) is 81.7 Å². The fourth-order valence-corrected chi connectivity index (χ4v) is 2.91. The van der Waals surface area contributed by atoms with Crippen molar-refractivity contribution in [1.82, 2.24) is 30.0 Å². The van der Waals surface area contributed by atoms with E-state index in [0.717, 1.165) is 56.1 Å². The molecule has 1 saturated heterocycles. The number of H-pyrrole nitrogens is 1. The molecule has 0 unspecified atom stereocenters. The van der Waals surface area contributed by atoms with Gasteiger partial charge in [0.05, 0.1) is 18.1 Å². The van der Waals surface area contributed by atoms with Crippen LogP contribution in [0.4, 0.5) is 5.82 Å². The molecule has 1 aliphatic rings. The monoisotopic (exact) mass is 317 g/mol. The van der Waals surface area contributed by atoms with Crippen LogP contribution < -0.4 is 4.90 Å². The van der Waals surface area contributed by atoms with Gasteiger partial charge < -0.3 is 9.80 Å². The Kier molecular flexibility index (Phi) is 4.71. The molecule has 0 spiro atoms. The summed E-state index contributed by atoms with van der Waals surface area (Å²) in [6.07, 6.45) is 3.30. The van der Waals surface area contributed by atoms with Crippen LogP contribution in [0.15, 0.2) is 12.5 Å². The fraction of sp³-hybridized carbons (Fsp3) is 0.600. The van der Waals surface area contributed by atoms with Crippen LogP contribution in [0.3, 0.4) is 0 Å². The summed E-state index contributed by atoms with van der Waals surface area (Å²) in [5, 5.41) is 7.82. The van der Waals surface area contributed by atoms with Gasteiger partial charge in [0.25, 0.3) is 0 Å². The van der Waals surface area contributed by atoms with Crippen molar-refractivity contribution in [3.8, 4) is 0 Å². The van der Waals surface area contributed by atoms with Gasteiger partial charge in [-0.25, -0.2) is 9.97 Å². The van der Waals surface area contributed by atoms with E-state index in [0.29, 0.717) is 6.54 Å². The lowest BCUT2D eigenvalue weighted by atomic mass is 10.2. The maximum absolute atomic E-state index is 12.4. The van der Waals surface area contributed by atoms with Crippen molar-refractivity contribution in [1.29, 1.82) is 0 Å². The predicted octanol–water partition coefficient (Wildman–Crippen LogP) is 0.343. The van der Waals surface area contributed by atoms with Crippen molar-refractivity contribution in [3.63, 3.8) is 0 Å². The SMILES string of the molecule is CCN(CC)CC(=O)N1CCN(c2ncnc3[nH]ncc23)CC1. The Labute approximate surface area is 135 Å². The molecule has 2 aromatic rings. The van der Waals surface area contributed by atoms with Crippen molar-refractivity contribution in [3.05, 3.63) is 12.5 Å². The normalized spacial score (nSPS) is 15.6. The fourth-order valence-electron chi connectivity index (χ4n) is 2.91. The maximum atomic E-state index is 12.4. The number of anilines is 1. The minimum absolute atomic E-state index is 0.212. The lowest BCUT2D eigenvalue weighted by molar-refractivity contribution is -0.132. The third kappa shape index (κ3) is 3.26. The zero-order chi connectivity index (χ0) is 16.2. The number of hydrogen-bond donors (Lipinski definition) is 1. The van der Waals surface area contributed by atoms with E-state index in [4.69, 9.17) is 0 Å². The Hall–Kier alpha value is -2.22. The molecule has 1 N–H and O–H groups in total. The first-order valence-electron chi connectivity index (χ1n) is 8.12. The van der Waals surface area contributed by atoms with Gasteiger partial charge in [-0.05, 0) is 13.1 Å². The largest absolute Gasteiger partial charge is 0.352 e. The van der Waals surface area contributed by atoms with E-state index >= 15 is 0 Å². The number of aromatic amines is 1. The number of fused-ring (bicyclic) bond motifs is 1. The van der Waals surface area contributed by atoms with E-state index in [-0.39, 0.29) is 5.91 Å². The van der Waals surface area contributed by atoms with E-state index in [9.17, 15) is 4.79 Å². The summed E-state index contributed by atoms with van der Waals surface area (Å²) in [4.78, 5) is 27.2. The highest BCUT2D eigenvalue weighted by atomic mass is 16.2. The molecule has 1 fully saturated rings. The highest BCUT2D eigenvalue weighted by Gasteiger charge is 2.24. The Morgan fingerprint density at radius 2 is 1.96 bits per heavy atom. The maximum Gasteiger partial charge on any atom is 0.236 e. The smallest absolute Gasteiger partial charge is 0.236 e. The van der Waals surface area contributed by atoms with E-state index in [2.05, 4.69) is 43.8 Å². The van der Waals surface area contributed by atoms with Gasteiger partial charge in [-0.3, -0.25) is 14.8 Å².